The molecule has 112 valence electrons. The molecule has 0 saturated heterocycles. The number of benzene rings is 1. The third-order valence-corrected chi connectivity index (χ3v) is 4.06. The summed E-state index contributed by atoms with van der Waals surface area (Å²) >= 11 is 6.03. The van der Waals surface area contributed by atoms with Gasteiger partial charge in [0, 0.05) is 17.0 Å². The summed E-state index contributed by atoms with van der Waals surface area (Å²) in [5.74, 6) is -0.0462. The number of nitrogens with one attached hydrogen (secondary N) is 1. The van der Waals surface area contributed by atoms with Gasteiger partial charge in [0.1, 0.15) is 0 Å². The van der Waals surface area contributed by atoms with Crippen molar-refractivity contribution in [2.24, 2.45) is 5.73 Å². The Hall–Kier alpha value is -0.770. The molecule has 1 fully saturated rings. The molecule has 0 radical (unpaired) electrons. The highest BCUT2D eigenvalue weighted by Crippen LogP contribution is 2.48. The van der Waals surface area contributed by atoms with E-state index in [0.29, 0.717) is 6.54 Å². The predicted molar refractivity (Wildman–Crippen MR) is 85.5 cm³/mol. The highest BCUT2D eigenvalue weighted by Gasteiger charge is 2.44. The van der Waals surface area contributed by atoms with E-state index < -0.39 is 0 Å². The SMILES string of the molecule is CCCC(N)C(=O)NCC1(c2cccc(Cl)c2)CC1.Cl. The minimum atomic E-state index is -0.389. The minimum Gasteiger partial charge on any atom is -0.354 e. The van der Waals surface area contributed by atoms with E-state index in [4.69, 9.17) is 17.3 Å². The van der Waals surface area contributed by atoms with Gasteiger partial charge in [0.25, 0.3) is 0 Å². The molecule has 2 rings (SSSR count). The van der Waals surface area contributed by atoms with Crippen LogP contribution in [0.5, 0.6) is 0 Å². The van der Waals surface area contributed by atoms with Gasteiger partial charge in [-0.3, -0.25) is 4.79 Å². The second kappa shape index (κ2) is 7.30. The van der Waals surface area contributed by atoms with Crippen LogP contribution in [0.3, 0.4) is 0 Å². The molecule has 0 heterocycles. The first-order valence-electron chi connectivity index (χ1n) is 6.87. The van der Waals surface area contributed by atoms with Crippen molar-refractivity contribution in [3.8, 4) is 0 Å². The van der Waals surface area contributed by atoms with E-state index in [1.165, 1.54) is 5.56 Å². The van der Waals surface area contributed by atoms with Crippen molar-refractivity contribution in [2.75, 3.05) is 6.54 Å². The molecule has 1 aliphatic rings. The zero-order valence-electron chi connectivity index (χ0n) is 11.7. The fourth-order valence-corrected chi connectivity index (χ4v) is 2.56. The second-order valence-electron chi connectivity index (χ2n) is 5.40. The maximum atomic E-state index is 11.8. The number of hydrogen-bond acceptors (Lipinski definition) is 2. The zero-order chi connectivity index (χ0) is 13.9. The Morgan fingerprint density at radius 2 is 2.20 bits per heavy atom. The van der Waals surface area contributed by atoms with Gasteiger partial charge < -0.3 is 11.1 Å². The van der Waals surface area contributed by atoms with E-state index in [1.54, 1.807) is 0 Å². The van der Waals surface area contributed by atoms with Crippen LogP contribution in [0.25, 0.3) is 0 Å². The summed E-state index contributed by atoms with van der Waals surface area (Å²) < 4.78 is 0. The van der Waals surface area contributed by atoms with Crippen molar-refractivity contribution in [1.29, 1.82) is 0 Å². The van der Waals surface area contributed by atoms with Crippen LogP contribution < -0.4 is 11.1 Å². The molecule has 1 unspecified atom stereocenters. The van der Waals surface area contributed by atoms with Gasteiger partial charge >= 0.3 is 0 Å². The largest absolute Gasteiger partial charge is 0.354 e. The van der Waals surface area contributed by atoms with Gasteiger partial charge in [0.05, 0.1) is 6.04 Å². The lowest BCUT2D eigenvalue weighted by Crippen LogP contribution is -2.43. The molecular formula is C15H22Cl2N2O. The Morgan fingerprint density at radius 1 is 1.50 bits per heavy atom. The normalized spacial score (nSPS) is 16.9. The standard InChI is InChI=1S/C15H21ClN2O.ClH/c1-2-4-13(17)14(19)18-10-15(7-8-15)11-5-3-6-12(16)9-11;/h3,5-6,9,13H,2,4,7-8,10,17H2,1H3,(H,18,19);1H. The highest BCUT2D eigenvalue weighted by atomic mass is 35.5. The molecule has 1 amide bonds. The highest BCUT2D eigenvalue weighted by molar-refractivity contribution is 6.30. The molecular weight excluding hydrogens is 295 g/mol. The fourth-order valence-electron chi connectivity index (χ4n) is 2.37. The van der Waals surface area contributed by atoms with E-state index in [0.717, 1.165) is 30.7 Å². The van der Waals surface area contributed by atoms with Crippen LogP contribution in [-0.4, -0.2) is 18.5 Å². The molecule has 1 atom stereocenters. The van der Waals surface area contributed by atoms with Gasteiger partial charge in [-0.25, -0.2) is 0 Å². The van der Waals surface area contributed by atoms with E-state index in [9.17, 15) is 4.79 Å². The molecule has 3 N–H and O–H groups in total. The Kier molecular flexibility index (Phi) is 6.31. The third-order valence-electron chi connectivity index (χ3n) is 3.83. The van der Waals surface area contributed by atoms with Crippen molar-refractivity contribution in [3.63, 3.8) is 0 Å². The van der Waals surface area contributed by atoms with Gasteiger partial charge in [0.15, 0.2) is 0 Å². The molecule has 1 aliphatic carbocycles. The molecule has 0 aliphatic heterocycles. The van der Waals surface area contributed by atoms with Crippen molar-refractivity contribution < 1.29 is 4.79 Å². The molecule has 1 saturated carbocycles. The maximum Gasteiger partial charge on any atom is 0.236 e. The quantitative estimate of drug-likeness (QED) is 0.847. The number of hydrogen-bond donors (Lipinski definition) is 2. The van der Waals surface area contributed by atoms with Crippen LogP contribution in [0, 0.1) is 0 Å². The van der Waals surface area contributed by atoms with E-state index >= 15 is 0 Å². The van der Waals surface area contributed by atoms with Gasteiger partial charge in [-0.1, -0.05) is 37.1 Å². The number of carbonyl (C=O) groups is 1. The first-order valence-corrected chi connectivity index (χ1v) is 7.24. The van der Waals surface area contributed by atoms with E-state index in [2.05, 4.69) is 11.4 Å². The number of nitrogens with two attached hydrogens (primary N) is 1. The fraction of sp³-hybridized carbons (Fsp3) is 0.533. The molecule has 5 heteroatoms. The van der Waals surface area contributed by atoms with Crippen molar-refractivity contribution in [3.05, 3.63) is 34.9 Å². The monoisotopic (exact) mass is 316 g/mol. The summed E-state index contributed by atoms with van der Waals surface area (Å²) in [6.07, 6.45) is 3.84. The van der Waals surface area contributed by atoms with Crippen LogP contribution in [0.4, 0.5) is 0 Å². The lowest BCUT2D eigenvalue weighted by molar-refractivity contribution is -0.122. The molecule has 1 aromatic rings. The van der Waals surface area contributed by atoms with Gasteiger partial charge in [-0.05, 0) is 37.0 Å². The Morgan fingerprint density at radius 3 is 2.75 bits per heavy atom. The number of amides is 1. The number of rotatable bonds is 6. The van der Waals surface area contributed by atoms with Crippen LogP contribution in [0.2, 0.25) is 5.02 Å². The van der Waals surface area contributed by atoms with Gasteiger partial charge in [-0.2, -0.15) is 0 Å². The molecule has 0 spiro atoms. The average Bonchev–Trinajstić information content (AvgIpc) is 3.17. The summed E-state index contributed by atoms with van der Waals surface area (Å²) in [7, 11) is 0. The Bertz CT molecular complexity index is 461. The zero-order valence-corrected chi connectivity index (χ0v) is 13.3. The predicted octanol–water partition coefficient (Wildman–Crippen LogP) is 3.04. The van der Waals surface area contributed by atoms with Crippen LogP contribution >= 0.6 is 24.0 Å². The number of carbonyl (C=O) groups excluding carboxylic acids is 1. The summed E-state index contributed by atoms with van der Waals surface area (Å²) in [5, 5.41) is 3.73. The summed E-state index contributed by atoms with van der Waals surface area (Å²) in [4.78, 5) is 11.8. The van der Waals surface area contributed by atoms with E-state index in [-0.39, 0.29) is 29.8 Å². The maximum absolute atomic E-state index is 11.8. The first kappa shape index (κ1) is 17.3. The lowest BCUT2D eigenvalue weighted by Gasteiger charge is -2.18. The number of halogens is 2. The summed E-state index contributed by atoms with van der Waals surface area (Å²) in [6, 6.07) is 7.52. The molecule has 0 aromatic heterocycles. The molecule has 0 bridgehead atoms. The summed E-state index contributed by atoms with van der Waals surface area (Å²) in [6.45, 7) is 2.69. The molecule has 3 nitrogen and oxygen atoms in total. The molecule has 20 heavy (non-hydrogen) atoms. The van der Waals surface area contributed by atoms with Crippen molar-refractivity contribution in [1.82, 2.24) is 5.32 Å². The topological polar surface area (TPSA) is 55.1 Å². The van der Waals surface area contributed by atoms with Crippen LogP contribution in [-0.2, 0) is 10.2 Å². The third kappa shape index (κ3) is 4.11. The lowest BCUT2D eigenvalue weighted by atomic mass is 9.96. The Labute approximate surface area is 131 Å². The van der Waals surface area contributed by atoms with Gasteiger partial charge in [0.2, 0.25) is 5.91 Å². The van der Waals surface area contributed by atoms with Crippen molar-refractivity contribution in [2.45, 2.75) is 44.1 Å². The average molecular weight is 317 g/mol. The Balaban J connectivity index is 0.00000200. The van der Waals surface area contributed by atoms with Crippen LogP contribution in [0.1, 0.15) is 38.2 Å². The van der Waals surface area contributed by atoms with Crippen molar-refractivity contribution >= 4 is 29.9 Å². The van der Waals surface area contributed by atoms with Crippen LogP contribution in [0.15, 0.2) is 24.3 Å². The molecule has 1 aromatic carbocycles. The summed E-state index contributed by atoms with van der Waals surface area (Å²) in [5.41, 5.74) is 7.10. The smallest absolute Gasteiger partial charge is 0.236 e. The van der Waals surface area contributed by atoms with E-state index in [1.807, 2.05) is 25.1 Å². The second-order valence-corrected chi connectivity index (χ2v) is 5.84. The minimum absolute atomic E-state index is 0. The first-order chi connectivity index (χ1) is 9.07. The van der Waals surface area contributed by atoms with Gasteiger partial charge in [-0.15, -0.1) is 12.4 Å².